The first-order valence-electron chi connectivity index (χ1n) is 8.25. The third-order valence-electron chi connectivity index (χ3n) is 4.32. The molecule has 1 aromatic carbocycles. The molecule has 0 bridgehead atoms. The summed E-state index contributed by atoms with van der Waals surface area (Å²) in [6.45, 7) is 2.47. The van der Waals surface area contributed by atoms with Crippen molar-refractivity contribution in [1.82, 2.24) is 14.5 Å². The van der Waals surface area contributed by atoms with E-state index in [2.05, 4.69) is 37.3 Å². The maximum Gasteiger partial charge on any atom is 0.224 e. The number of nitrogens with one attached hydrogen (secondary N) is 2. The van der Waals surface area contributed by atoms with Gasteiger partial charge in [-0.15, -0.1) is 0 Å². The van der Waals surface area contributed by atoms with E-state index >= 15 is 0 Å². The van der Waals surface area contributed by atoms with Gasteiger partial charge in [0.05, 0.1) is 6.10 Å². The van der Waals surface area contributed by atoms with Crippen LogP contribution in [-0.4, -0.2) is 40.3 Å². The number of fused-ring (bicyclic) bond motifs is 1. The number of anilines is 3. The van der Waals surface area contributed by atoms with Crippen molar-refractivity contribution in [2.24, 2.45) is 12.8 Å². The molecule has 2 atom stereocenters. The molecule has 0 saturated carbocycles. The highest BCUT2D eigenvalue weighted by atomic mass is 16.5. The van der Waals surface area contributed by atoms with Crippen molar-refractivity contribution >= 4 is 28.4 Å². The minimum atomic E-state index is -0.136. The molecule has 0 amide bonds. The fraction of sp³-hybridized carbons (Fsp3) is 0.333. The summed E-state index contributed by atoms with van der Waals surface area (Å²) in [5.41, 5.74) is 8.21. The Morgan fingerprint density at radius 3 is 2.92 bits per heavy atom. The van der Waals surface area contributed by atoms with Crippen molar-refractivity contribution in [3.8, 4) is 0 Å². The maximum atomic E-state index is 6.04. The second-order valence-corrected chi connectivity index (χ2v) is 6.04. The lowest BCUT2D eigenvalue weighted by molar-refractivity contribution is 0.0989. The van der Waals surface area contributed by atoms with E-state index in [-0.39, 0.29) is 12.1 Å². The van der Waals surface area contributed by atoms with Gasteiger partial charge in [0.25, 0.3) is 0 Å². The summed E-state index contributed by atoms with van der Waals surface area (Å²) >= 11 is 0. The molecule has 0 saturated heterocycles. The van der Waals surface area contributed by atoms with E-state index < -0.39 is 0 Å². The second-order valence-electron chi connectivity index (χ2n) is 6.04. The van der Waals surface area contributed by atoms with Crippen molar-refractivity contribution in [2.75, 3.05) is 24.3 Å². The van der Waals surface area contributed by atoms with Crippen LogP contribution in [-0.2, 0) is 11.8 Å². The van der Waals surface area contributed by atoms with Crippen LogP contribution in [0.25, 0.3) is 10.9 Å². The summed E-state index contributed by atoms with van der Waals surface area (Å²) in [7, 11) is 3.68. The molecule has 25 heavy (non-hydrogen) atoms. The SMILES string of the molecule is CO[C@H](C)[C@H](N)CNc1nccc(Nc2cccc3c2ccn3C)n1. The molecule has 132 valence electrons. The summed E-state index contributed by atoms with van der Waals surface area (Å²) in [6.07, 6.45) is 3.72. The molecule has 7 heteroatoms. The number of methoxy groups -OCH3 is 1. The first-order chi connectivity index (χ1) is 12.1. The van der Waals surface area contributed by atoms with E-state index in [9.17, 15) is 0 Å². The summed E-state index contributed by atoms with van der Waals surface area (Å²) in [6, 6.07) is 9.94. The van der Waals surface area contributed by atoms with Crippen LogP contribution < -0.4 is 16.4 Å². The van der Waals surface area contributed by atoms with Gasteiger partial charge in [-0.3, -0.25) is 0 Å². The number of nitrogens with zero attached hydrogens (tertiary/aromatic N) is 3. The van der Waals surface area contributed by atoms with Crippen LogP contribution in [0.2, 0.25) is 0 Å². The fourth-order valence-electron chi connectivity index (χ4n) is 2.61. The number of ether oxygens (including phenoxy) is 1. The Bertz CT molecular complexity index is 846. The topological polar surface area (TPSA) is 90.0 Å². The molecular weight excluding hydrogens is 316 g/mol. The average Bonchev–Trinajstić information content (AvgIpc) is 3.01. The van der Waals surface area contributed by atoms with Crippen LogP contribution in [0.1, 0.15) is 6.92 Å². The van der Waals surface area contributed by atoms with E-state index in [1.54, 1.807) is 13.3 Å². The van der Waals surface area contributed by atoms with Gasteiger partial charge in [0.1, 0.15) is 5.82 Å². The second kappa shape index (κ2) is 7.50. The third kappa shape index (κ3) is 3.89. The van der Waals surface area contributed by atoms with Gasteiger partial charge in [-0.25, -0.2) is 4.98 Å². The summed E-state index contributed by atoms with van der Waals surface area (Å²) < 4.78 is 7.31. The number of hydrogen-bond acceptors (Lipinski definition) is 6. The summed E-state index contributed by atoms with van der Waals surface area (Å²) in [5, 5.41) is 7.66. The molecule has 0 aliphatic rings. The van der Waals surface area contributed by atoms with Crippen LogP contribution >= 0.6 is 0 Å². The van der Waals surface area contributed by atoms with Crippen LogP contribution in [0.3, 0.4) is 0 Å². The Morgan fingerprint density at radius 1 is 1.28 bits per heavy atom. The van der Waals surface area contributed by atoms with Gasteiger partial charge in [-0.1, -0.05) is 6.07 Å². The molecular formula is C18H24N6O. The zero-order valence-corrected chi connectivity index (χ0v) is 14.7. The Hall–Kier alpha value is -2.64. The van der Waals surface area contributed by atoms with Crippen molar-refractivity contribution in [3.63, 3.8) is 0 Å². The molecule has 2 aromatic heterocycles. The van der Waals surface area contributed by atoms with Gasteiger partial charge in [0, 0.05) is 55.7 Å². The lowest BCUT2D eigenvalue weighted by atomic mass is 10.2. The predicted octanol–water partition coefficient (Wildman–Crippen LogP) is 2.49. The number of hydrogen-bond donors (Lipinski definition) is 3. The lowest BCUT2D eigenvalue weighted by Gasteiger charge is -2.18. The smallest absolute Gasteiger partial charge is 0.224 e. The van der Waals surface area contributed by atoms with Crippen LogP contribution in [0.4, 0.5) is 17.5 Å². The average molecular weight is 340 g/mol. The quantitative estimate of drug-likeness (QED) is 0.612. The highest BCUT2D eigenvalue weighted by Gasteiger charge is 2.12. The molecule has 0 unspecified atom stereocenters. The van der Waals surface area contributed by atoms with E-state index in [0.29, 0.717) is 12.5 Å². The zero-order chi connectivity index (χ0) is 17.8. The van der Waals surface area contributed by atoms with Crippen LogP contribution in [0.15, 0.2) is 42.7 Å². The van der Waals surface area contributed by atoms with Crippen molar-refractivity contribution in [3.05, 3.63) is 42.7 Å². The Balaban J connectivity index is 1.73. The zero-order valence-electron chi connectivity index (χ0n) is 14.7. The normalized spacial score (nSPS) is 13.6. The molecule has 0 spiro atoms. The Morgan fingerprint density at radius 2 is 2.12 bits per heavy atom. The van der Waals surface area contributed by atoms with Crippen molar-refractivity contribution < 1.29 is 4.74 Å². The lowest BCUT2D eigenvalue weighted by Crippen LogP contribution is -2.40. The number of nitrogens with two attached hydrogens (primary N) is 1. The van der Waals surface area contributed by atoms with Crippen molar-refractivity contribution in [1.29, 1.82) is 0 Å². The number of rotatable bonds is 7. The van der Waals surface area contributed by atoms with E-state index in [4.69, 9.17) is 10.5 Å². The Labute approximate surface area is 147 Å². The molecule has 0 radical (unpaired) electrons. The van der Waals surface area contributed by atoms with Gasteiger partial charge < -0.3 is 25.7 Å². The van der Waals surface area contributed by atoms with Gasteiger partial charge in [0.2, 0.25) is 5.95 Å². The largest absolute Gasteiger partial charge is 0.380 e. The first kappa shape index (κ1) is 17.2. The molecule has 0 aliphatic heterocycles. The summed E-state index contributed by atoms with van der Waals surface area (Å²) in [4.78, 5) is 8.74. The van der Waals surface area contributed by atoms with Gasteiger partial charge in [-0.05, 0) is 31.2 Å². The highest BCUT2D eigenvalue weighted by molar-refractivity contribution is 5.93. The predicted molar refractivity (Wildman–Crippen MR) is 101 cm³/mol. The summed E-state index contributed by atoms with van der Waals surface area (Å²) in [5.74, 6) is 1.26. The number of benzene rings is 1. The molecule has 3 rings (SSSR count). The monoisotopic (exact) mass is 340 g/mol. The molecule has 3 aromatic rings. The van der Waals surface area contributed by atoms with E-state index in [0.717, 1.165) is 22.4 Å². The minimum absolute atomic E-state index is 0.0375. The number of aromatic nitrogens is 3. The van der Waals surface area contributed by atoms with E-state index in [1.165, 1.54) is 0 Å². The highest BCUT2D eigenvalue weighted by Crippen LogP contribution is 2.26. The van der Waals surface area contributed by atoms with Gasteiger partial charge in [-0.2, -0.15) is 4.98 Å². The fourth-order valence-corrected chi connectivity index (χ4v) is 2.61. The number of aryl methyl sites for hydroxylation is 1. The van der Waals surface area contributed by atoms with Gasteiger partial charge in [0.15, 0.2) is 0 Å². The first-order valence-corrected chi connectivity index (χ1v) is 8.25. The van der Waals surface area contributed by atoms with Gasteiger partial charge >= 0.3 is 0 Å². The molecule has 7 nitrogen and oxygen atoms in total. The van der Waals surface area contributed by atoms with E-state index in [1.807, 2.05) is 38.4 Å². The minimum Gasteiger partial charge on any atom is -0.380 e. The molecule has 0 fully saturated rings. The van der Waals surface area contributed by atoms with Crippen molar-refractivity contribution in [2.45, 2.75) is 19.1 Å². The molecule has 2 heterocycles. The maximum absolute atomic E-state index is 6.04. The third-order valence-corrected chi connectivity index (χ3v) is 4.32. The Kier molecular flexibility index (Phi) is 5.16. The van der Waals surface area contributed by atoms with Crippen LogP contribution in [0.5, 0.6) is 0 Å². The standard InChI is InChI=1S/C18H24N6O/c1-12(25-3)14(19)11-21-18-20-9-7-17(23-18)22-15-5-4-6-16-13(15)8-10-24(16)2/h4-10,12,14H,11,19H2,1-3H3,(H2,20,21,22,23)/t12-,14-/m1/s1. The molecule has 0 aliphatic carbocycles. The molecule has 4 N–H and O–H groups in total. The van der Waals surface area contributed by atoms with Crippen LogP contribution in [0, 0.1) is 0 Å².